The minimum absolute atomic E-state index is 0.00740. The van der Waals surface area contributed by atoms with E-state index in [0.29, 0.717) is 28.7 Å². The quantitative estimate of drug-likeness (QED) is 0.268. The van der Waals surface area contributed by atoms with Crippen LogP contribution in [-0.2, 0) is 34.7 Å². The molecule has 1 aromatic carbocycles. The van der Waals surface area contributed by atoms with Crippen molar-refractivity contribution < 1.29 is 28.2 Å². The molecule has 2 heterocycles. The largest absolute Gasteiger partial charge is 0.469 e. The van der Waals surface area contributed by atoms with E-state index in [1.165, 1.54) is 21.3 Å². The van der Waals surface area contributed by atoms with Crippen LogP contribution in [0.15, 0.2) is 30.5 Å². The lowest BCUT2D eigenvalue weighted by atomic mass is 10.1. The number of hydrogen-bond acceptors (Lipinski definition) is 13. The van der Waals surface area contributed by atoms with Crippen molar-refractivity contribution in [1.82, 2.24) is 19.9 Å². The molecule has 14 heteroatoms. The van der Waals surface area contributed by atoms with Crippen LogP contribution < -0.4 is 21.7 Å². The fourth-order valence-electron chi connectivity index (χ4n) is 3.75. The first-order valence-corrected chi connectivity index (χ1v) is 13.1. The van der Waals surface area contributed by atoms with Crippen LogP contribution in [0, 0.1) is 5.92 Å². The summed E-state index contributed by atoms with van der Waals surface area (Å²) in [5, 5.41) is 0.437. The Balaban J connectivity index is 1.76. The van der Waals surface area contributed by atoms with E-state index < -0.39 is 25.2 Å². The molecule has 37 heavy (non-hydrogen) atoms. The average Bonchev–Trinajstić information content (AvgIpc) is 2.90. The monoisotopic (exact) mass is 531 g/mol. The Morgan fingerprint density at radius 1 is 1.05 bits per heavy atom. The predicted octanol–water partition coefficient (Wildman–Crippen LogP) is 1.51. The van der Waals surface area contributed by atoms with Crippen LogP contribution in [0.5, 0.6) is 0 Å². The lowest BCUT2D eigenvalue weighted by molar-refractivity contribution is -0.146. The van der Waals surface area contributed by atoms with Gasteiger partial charge < -0.3 is 30.4 Å². The summed E-state index contributed by atoms with van der Waals surface area (Å²) in [4.78, 5) is 42.5. The Morgan fingerprint density at radius 3 is 2.38 bits per heavy atom. The van der Waals surface area contributed by atoms with E-state index in [2.05, 4.69) is 24.7 Å². The molecule has 0 spiro atoms. The van der Waals surface area contributed by atoms with Gasteiger partial charge in [0.2, 0.25) is 13.3 Å². The van der Waals surface area contributed by atoms with Gasteiger partial charge in [-0.1, -0.05) is 0 Å². The van der Waals surface area contributed by atoms with Gasteiger partial charge in [0.15, 0.2) is 17.0 Å². The second-order valence-electron chi connectivity index (χ2n) is 8.25. The van der Waals surface area contributed by atoms with Crippen molar-refractivity contribution in [3.05, 3.63) is 36.2 Å². The highest BCUT2D eigenvalue weighted by atomic mass is 31.2. The highest BCUT2D eigenvalue weighted by Gasteiger charge is 2.33. The van der Waals surface area contributed by atoms with E-state index in [9.17, 15) is 14.2 Å². The normalized spacial score (nSPS) is 13.5. The van der Waals surface area contributed by atoms with Gasteiger partial charge in [-0.05, 0) is 30.7 Å². The molecule has 0 radical (unpaired) electrons. The number of hydrogen-bond donors (Lipinski definition) is 2. The number of nitrogen functional groups attached to an aromatic ring is 2. The summed E-state index contributed by atoms with van der Waals surface area (Å²) in [6, 6.07) is 6.95. The molecule has 2 aromatic heterocycles. The molecule has 0 bridgehead atoms. The third kappa shape index (κ3) is 6.69. The molecule has 4 N–H and O–H groups in total. The van der Waals surface area contributed by atoms with Crippen LogP contribution in [0.1, 0.15) is 18.5 Å². The third-order valence-electron chi connectivity index (χ3n) is 5.80. The Morgan fingerprint density at radius 2 is 1.76 bits per heavy atom. The molecule has 2 atom stereocenters. The van der Waals surface area contributed by atoms with Gasteiger partial charge in [-0.2, -0.15) is 9.97 Å². The lowest BCUT2D eigenvalue weighted by Crippen LogP contribution is -2.25. The topological polar surface area (TPSA) is 186 Å². The Kier molecular flexibility index (Phi) is 8.95. The van der Waals surface area contributed by atoms with Gasteiger partial charge in [-0.15, -0.1) is 0 Å². The molecule has 3 rings (SSSR count). The maximum absolute atomic E-state index is 13.7. The van der Waals surface area contributed by atoms with Gasteiger partial charge in [-0.3, -0.25) is 14.2 Å². The molecule has 0 aliphatic rings. The summed E-state index contributed by atoms with van der Waals surface area (Å²) in [6.45, 7) is 0.395. The van der Waals surface area contributed by atoms with Gasteiger partial charge in [0.05, 0.1) is 38.6 Å². The number of carbonyl (C=O) groups is 2. The second kappa shape index (κ2) is 11.9. The number of methoxy groups -OCH3 is 2. The van der Waals surface area contributed by atoms with E-state index in [1.54, 1.807) is 30.5 Å². The van der Waals surface area contributed by atoms with Crippen LogP contribution in [0.25, 0.3) is 11.2 Å². The number of benzene rings is 1. The lowest BCUT2D eigenvalue weighted by Gasteiger charge is -2.23. The summed E-state index contributed by atoms with van der Waals surface area (Å²) < 4.78 is 28.6. The molecule has 3 aromatic rings. The molecule has 0 saturated heterocycles. The number of aromatic nitrogens is 4. The van der Waals surface area contributed by atoms with Crippen molar-refractivity contribution >= 4 is 53.2 Å². The fraction of sp³-hybridized carbons (Fsp3) is 0.391. The summed E-state index contributed by atoms with van der Waals surface area (Å²) in [7, 11) is 2.27. The van der Waals surface area contributed by atoms with Crippen molar-refractivity contribution in [2.75, 3.05) is 50.9 Å². The van der Waals surface area contributed by atoms with Gasteiger partial charge in [0.25, 0.3) is 0 Å². The van der Waals surface area contributed by atoms with Crippen LogP contribution in [-0.4, -0.2) is 66.4 Å². The van der Waals surface area contributed by atoms with Crippen LogP contribution >= 0.6 is 7.37 Å². The zero-order valence-electron chi connectivity index (χ0n) is 21.1. The number of rotatable bonds is 11. The second-order valence-corrected chi connectivity index (χ2v) is 10.8. The van der Waals surface area contributed by atoms with E-state index in [4.69, 9.17) is 20.7 Å². The number of esters is 2. The standard InChI is InChI=1S/C23H30N7O6P/c1-30(12-15-11-26-21-19(27-15)20(24)28-23(25)29-21)16-6-8-17(9-7-16)37(33,36-4)13-14(22(32)35-3)5-10-18(31)34-2/h6-9,11,14H,5,10,12-13H2,1-4H3,(H4,24,25,26,28,29). The predicted molar refractivity (Wildman–Crippen MR) is 138 cm³/mol. The highest BCUT2D eigenvalue weighted by Crippen LogP contribution is 2.47. The zero-order chi connectivity index (χ0) is 27.2. The molecule has 0 amide bonds. The summed E-state index contributed by atoms with van der Waals surface area (Å²) in [6.07, 6.45) is 1.59. The molecular formula is C23H30N7O6P. The third-order valence-corrected chi connectivity index (χ3v) is 8.40. The number of nitrogens with two attached hydrogens (primary N) is 2. The Hall–Kier alpha value is -3.83. The Labute approximate surface area is 214 Å². The Bertz CT molecular complexity index is 1320. The van der Waals surface area contributed by atoms with Gasteiger partial charge in [0.1, 0.15) is 0 Å². The number of anilines is 3. The minimum Gasteiger partial charge on any atom is -0.469 e. The molecule has 2 unspecified atom stereocenters. The molecule has 0 aliphatic carbocycles. The molecule has 0 aliphatic heterocycles. The van der Waals surface area contributed by atoms with Crippen molar-refractivity contribution in [3.63, 3.8) is 0 Å². The smallest absolute Gasteiger partial charge is 0.309 e. The summed E-state index contributed by atoms with van der Waals surface area (Å²) in [5.41, 5.74) is 13.6. The molecular weight excluding hydrogens is 501 g/mol. The van der Waals surface area contributed by atoms with Crippen molar-refractivity contribution in [2.45, 2.75) is 19.4 Å². The van der Waals surface area contributed by atoms with Crippen LogP contribution in [0.3, 0.4) is 0 Å². The van der Waals surface area contributed by atoms with Crippen molar-refractivity contribution in [2.24, 2.45) is 5.92 Å². The molecule has 0 fully saturated rings. The van der Waals surface area contributed by atoms with E-state index >= 15 is 0 Å². The SMILES string of the molecule is COC(=O)CCC(CP(=O)(OC)c1ccc(N(C)Cc2cnc3nc(N)nc(N)c3n2)cc1)C(=O)OC. The van der Waals surface area contributed by atoms with E-state index in [0.717, 1.165) is 5.69 Å². The first-order valence-electron chi connectivity index (χ1n) is 11.3. The summed E-state index contributed by atoms with van der Waals surface area (Å²) >= 11 is 0. The summed E-state index contributed by atoms with van der Waals surface area (Å²) in [5.74, 6) is -1.66. The fourth-order valence-corrected chi connectivity index (χ4v) is 5.83. The number of fused-ring (bicyclic) bond motifs is 1. The maximum Gasteiger partial charge on any atom is 0.309 e. The molecule has 198 valence electrons. The van der Waals surface area contributed by atoms with Crippen LogP contribution in [0.2, 0.25) is 0 Å². The molecule has 0 saturated carbocycles. The molecule has 13 nitrogen and oxygen atoms in total. The van der Waals surface area contributed by atoms with Crippen molar-refractivity contribution in [3.8, 4) is 0 Å². The average molecular weight is 532 g/mol. The highest BCUT2D eigenvalue weighted by molar-refractivity contribution is 7.67. The van der Waals surface area contributed by atoms with Gasteiger partial charge >= 0.3 is 11.9 Å². The van der Waals surface area contributed by atoms with Gasteiger partial charge in [0, 0.05) is 37.7 Å². The minimum atomic E-state index is -3.43. The first kappa shape index (κ1) is 27.8. The van der Waals surface area contributed by atoms with E-state index in [-0.39, 0.29) is 30.8 Å². The maximum atomic E-state index is 13.7. The number of ether oxygens (including phenoxy) is 2. The van der Waals surface area contributed by atoms with Crippen molar-refractivity contribution in [1.29, 1.82) is 0 Å². The van der Waals surface area contributed by atoms with E-state index in [1.807, 2.05) is 11.9 Å². The van der Waals surface area contributed by atoms with Gasteiger partial charge in [-0.25, -0.2) is 9.97 Å². The first-order chi connectivity index (χ1) is 17.6. The zero-order valence-corrected chi connectivity index (χ0v) is 22.0. The van der Waals surface area contributed by atoms with Crippen LogP contribution in [0.4, 0.5) is 17.5 Å². The number of nitrogens with zero attached hydrogens (tertiary/aromatic N) is 5. The number of carbonyl (C=O) groups excluding carboxylic acids is 2.